The number of nitrogens with one attached hydrogen (secondary N) is 1. The fourth-order valence-corrected chi connectivity index (χ4v) is 5.41. The lowest BCUT2D eigenvalue weighted by Crippen LogP contribution is -2.39. The summed E-state index contributed by atoms with van der Waals surface area (Å²) in [4.78, 5) is 0.291. The van der Waals surface area contributed by atoms with Gasteiger partial charge in [0, 0.05) is 25.2 Å². The second-order valence-electron chi connectivity index (χ2n) is 6.45. The van der Waals surface area contributed by atoms with Crippen LogP contribution in [0.3, 0.4) is 0 Å². The molecule has 1 aliphatic rings. The van der Waals surface area contributed by atoms with Crippen molar-refractivity contribution in [1.29, 1.82) is 0 Å². The first kappa shape index (κ1) is 16.2. The first-order valence-electron chi connectivity index (χ1n) is 8.30. The normalized spacial score (nSPS) is 19.5. The highest BCUT2D eigenvalue weighted by atomic mass is 32.2. The van der Waals surface area contributed by atoms with Crippen molar-refractivity contribution in [1.82, 2.24) is 29.1 Å². The number of H-pyrrole nitrogens is 1. The standard InChI is InChI=1S/C16H20N6O2S/c1-11-15(12(2)18-17-11)25(23,24)21-8-5-6-13(10-21)16-20-19-14-7-3-4-9-22(14)16/h3-4,7,9,13H,5-6,8,10H2,1-2H3,(H,17,18)/t13-/m0/s1. The van der Waals surface area contributed by atoms with E-state index in [9.17, 15) is 8.42 Å². The molecule has 1 fully saturated rings. The van der Waals surface area contributed by atoms with Crippen molar-refractivity contribution < 1.29 is 8.42 Å². The Balaban J connectivity index is 1.67. The van der Waals surface area contributed by atoms with Crippen molar-refractivity contribution in [3.05, 3.63) is 41.6 Å². The van der Waals surface area contributed by atoms with Crippen LogP contribution in [-0.2, 0) is 10.0 Å². The Morgan fingerprint density at radius 1 is 1.24 bits per heavy atom. The van der Waals surface area contributed by atoms with Gasteiger partial charge in [-0.2, -0.15) is 9.40 Å². The van der Waals surface area contributed by atoms with E-state index in [0.29, 0.717) is 29.4 Å². The molecule has 4 rings (SSSR count). The number of sulfonamides is 1. The van der Waals surface area contributed by atoms with E-state index in [1.54, 1.807) is 18.2 Å². The topological polar surface area (TPSA) is 96.2 Å². The second kappa shape index (κ2) is 5.92. The summed E-state index contributed by atoms with van der Waals surface area (Å²) in [5, 5.41) is 15.3. The summed E-state index contributed by atoms with van der Waals surface area (Å²) in [5.41, 5.74) is 1.86. The fourth-order valence-electron chi connectivity index (χ4n) is 3.56. The van der Waals surface area contributed by atoms with Gasteiger partial charge in [0.1, 0.15) is 10.7 Å². The predicted octanol–water partition coefficient (Wildman–Crippen LogP) is 1.64. The molecule has 1 saturated heterocycles. The van der Waals surface area contributed by atoms with Crippen LogP contribution in [0.5, 0.6) is 0 Å². The highest BCUT2D eigenvalue weighted by Gasteiger charge is 2.35. The van der Waals surface area contributed by atoms with Gasteiger partial charge in [-0.15, -0.1) is 10.2 Å². The minimum Gasteiger partial charge on any atom is -0.286 e. The van der Waals surface area contributed by atoms with E-state index >= 15 is 0 Å². The number of fused-ring (bicyclic) bond motifs is 1. The van der Waals surface area contributed by atoms with Gasteiger partial charge in [0.15, 0.2) is 5.65 Å². The van der Waals surface area contributed by atoms with Crippen LogP contribution in [0.1, 0.15) is 36.0 Å². The number of aromatic amines is 1. The molecule has 1 atom stereocenters. The highest BCUT2D eigenvalue weighted by Crippen LogP contribution is 2.31. The lowest BCUT2D eigenvalue weighted by atomic mass is 9.99. The number of aromatic nitrogens is 5. The first-order valence-corrected chi connectivity index (χ1v) is 9.74. The highest BCUT2D eigenvalue weighted by molar-refractivity contribution is 7.89. The number of rotatable bonds is 3. The van der Waals surface area contributed by atoms with Gasteiger partial charge in [-0.25, -0.2) is 8.42 Å². The van der Waals surface area contributed by atoms with Gasteiger partial charge in [-0.1, -0.05) is 6.07 Å². The van der Waals surface area contributed by atoms with Gasteiger partial charge in [-0.05, 0) is 38.8 Å². The van der Waals surface area contributed by atoms with Crippen LogP contribution in [0.4, 0.5) is 0 Å². The van der Waals surface area contributed by atoms with Crippen molar-refractivity contribution >= 4 is 15.7 Å². The Hall–Kier alpha value is -2.26. The third-order valence-electron chi connectivity index (χ3n) is 4.75. The van der Waals surface area contributed by atoms with Gasteiger partial charge in [0.2, 0.25) is 10.0 Å². The average molecular weight is 360 g/mol. The smallest absolute Gasteiger partial charge is 0.246 e. The van der Waals surface area contributed by atoms with E-state index in [2.05, 4.69) is 20.4 Å². The molecule has 3 aromatic rings. The molecule has 0 aliphatic carbocycles. The number of piperidine rings is 1. The number of pyridine rings is 1. The molecule has 0 radical (unpaired) electrons. The van der Waals surface area contributed by atoms with Crippen molar-refractivity contribution in [3.63, 3.8) is 0 Å². The molecule has 0 aromatic carbocycles. The van der Waals surface area contributed by atoms with Gasteiger partial charge < -0.3 is 0 Å². The van der Waals surface area contributed by atoms with E-state index in [1.807, 2.05) is 28.8 Å². The second-order valence-corrected chi connectivity index (χ2v) is 8.33. The van der Waals surface area contributed by atoms with Crippen molar-refractivity contribution in [2.24, 2.45) is 0 Å². The maximum absolute atomic E-state index is 13.1. The van der Waals surface area contributed by atoms with Crippen molar-refractivity contribution in [2.75, 3.05) is 13.1 Å². The summed E-state index contributed by atoms with van der Waals surface area (Å²) in [6.07, 6.45) is 3.61. The zero-order valence-electron chi connectivity index (χ0n) is 14.2. The third kappa shape index (κ3) is 2.63. The summed E-state index contributed by atoms with van der Waals surface area (Å²) >= 11 is 0. The molecule has 9 heteroatoms. The van der Waals surface area contributed by atoms with E-state index < -0.39 is 10.0 Å². The minimum absolute atomic E-state index is 0.0217. The number of nitrogens with zero attached hydrogens (tertiary/aromatic N) is 5. The molecular formula is C16H20N6O2S. The SMILES string of the molecule is Cc1n[nH]c(C)c1S(=O)(=O)N1CCC[C@H](c2nnc3ccccn23)C1. The molecule has 132 valence electrons. The molecule has 1 aliphatic heterocycles. The van der Waals surface area contributed by atoms with Crippen LogP contribution in [-0.4, -0.2) is 50.6 Å². The van der Waals surface area contributed by atoms with Crippen LogP contribution in [0.15, 0.2) is 29.3 Å². The number of aryl methyl sites for hydroxylation is 2. The summed E-state index contributed by atoms with van der Waals surface area (Å²) in [5.74, 6) is 0.838. The van der Waals surface area contributed by atoms with Gasteiger partial charge in [0.25, 0.3) is 0 Å². The lowest BCUT2D eigenvalue weighted by molar-refractivity contribution is 0.308. The van der Waals surface area contributed by atoms with Gasteiger partial charge >= 0.3 is 0 Å². The zero-order chi connectivity index (χ0) is 17.6. The summed E-state index contributed by atoms with van der Waals surface area (Å²) in [6, 6.07) is 5.73. The molecule has 8 nitrogen and oxygen atoms in total. The molecule has 1 N–H and O–H groups in total. The largest absolute Gasteiger partial charge is 0.286 e. The Morgan fingerprint density at radius 2 is 2.08 bits per heavy atom. The molecule has 3 aromatic heterocycles. The van der Waals surface area contributed by atoms with Crippen molar-refractivity contribution in [3.8, 4) is 0 Å². The minimum atomic E-state index is -3.58. The molecule has 0 amide bonds. The van der Waals surface area contributed by atoms with Crippen LogP contribution in [0.25, 0.3) is 5.65 Å². The molecule has 0 unspecified atom stereocenters. The van der Waals surface area contributed by atoms with E-state index in [1.165, 1.54) is 0 Å². The molecule has 4 heterocycles. The molecule has 25 heavy (non-hydrogen) atoms. The lowest BCUT2D eigenvalue weighted by Gasteiger charge is -2.31. The molecular weight excluding hydrogens is 340 g/mol. The number of hydrogen-bond acceptors (Lipinski definition) is 5. The van der Waals surface area contributed by atoms with Gasteiger partial charge in [-0.3, -0.25) is 9.50 Å². The maximum Gasteiger partial charge on any atom is 0.246 e. The molecule has 0 saturated carbocycles. The monoisotopic (exact) mass is 360 g/mol. The molecule has 0 spiro atoms. The predicted molar refractivity (Wildman–Crippen MR) is 91.8 cm³/mol. The Labute approximate surface area is 145 Å². The summed E-state index contributed by atoms with van der Waals surface area (Å²) < 4.78 is 29.7. The summed E-state index contributed by atoms with van der Waals surface area (Å²) in [6.45, 7) is 4.37. The van der Waals surface area contributed by atoms with Crippen LogP contribution in [0, 0.1) is 13.8 Å². The average Bonchev–Trinajstić information content (AvgIpc) is 3.18. The van der Waals surface area contributed by atoms with Crippen molar-refractivity contribution in [2.45, 2.75) is 37.5 Å². The number of hydrogen-bond donors (Lipinski definition) is 1. The Bertz CT molecular complexity index is 1000. The van der Waals surface area contributed by atoms with E-state index in [0.717, 1.165) is 24.3 Å². The Morgan fingerprint density at radius 3 is 2.84 bits per heavy atom. The fraction of sp³-hybridized carbons (Fsp3) is 0.438. The van der Waals surface area contributed by atoms with Gasteiger partial charge in [0.05, 0.1) is 11.4 Å². The zero-order valence-corrected chi connectivity index (χ0v) is 15.0. The van der Waals surface area contributed by atoms with Crippen LogP contribution >= 0.6 is 0 Å². The molecule has 0 bridgehead atoms. The van der Waals surface area contributed by atoms with Crippen LogP contribution < -0.4 is 0 Å². The first-order chi connectivity index (χ1) is 12.0. The summed E-state index contributed by atoms with van der Waals surface area (Å²) in [7, 11) is -3.58. The maximum atomic E-state index is 13.1. The van der Waals surface area contributed by atoms with E-state index in [4.69, 9.17) is 0 Å². The van der Waals surface area contributed by atoms with Crippen LogP contribution in [0.2, 0.25) is 0 Å². The van der Waals surface area contributed by atoms with E-state index in [-0.39, 0.29) is 5.92 Å². The quantitative estimate of drug-likeness (QED) is 0.766. The third-order valence-corrected chi connectivity index (χ3v) is 6.88. The Kier molecular flexibility index (Phi) is 3.84.